The number of halogens is 1. The van der Waals surface area contributed by atoms with Crippen molar-refractivity contribution in [2.45, 2.75) is 58.4 Å². The molecule has 2 nitrogen and oxygen atoms in total. The van der Waals surface area contributed by atoms with Crippen molar-refractivity contribution >= 4 is 22.6 Å². The van der Waals surface area contributed by atoms with Gasteiger partial charge in [-0.25, -0.2) is 0 Å². The Morgan fingerprint density at radius 2 is 1.71 bits per heavy atom. The molecule has 1 aromatic heterocycles. The van der Waals surface area contributed by atoms with E-state index in [9.17, 15) is 0 Å². The minimum atomic E-state index is 1.04. The standard InChI is InChI=1S/C18H25IN2/c1-2-3-4-5-6-7-10-13-21-15-16(14-20-21)17-11-8-9-12-18(17)19/h8-9,11-12,14-15H,2-7,10,13H2,1H3. The van der Waals surface area contributed by atoms with Crippen LogP contribution in [0.25, 0.3) is 11.1 Å². The molecule has 0 radical (unpaired) electrons. The predicted molar refractivity (Wildman–Crippen MR) is 98.4 cm³/mol. The third-order valence-electron chi connectivity index (χ3n) is 3.81. The second kappa shape index (κ2) is 9.23. The number of hydrogen-bond donors (Lipinski definition) is 0. The van der Waals surface area contributed by atoms with Crippen LogP contribution in [0.3, 0.4) is 0 Å². The highest BCUT2D eigenvalue weighted by Crippen LogP contribution is 2.24. The first-order valence-electron chi connectivity index (χ1n) is 8.08. The van der Waals surface area contributed by atoms with Crippen molar-refractivity contribution in [3.8, 4) is 11.1 Å². The van der Waals surface area contributed by atoms with Crippen LogP contribution in [0, 0.1) is 3.57 Å². The van der Waals surface area contributed by atoms with Gasteiger partial charge in [0.15, 0.2) is 0 Å². The van der Waals surface area contributed by atoms with E-state index >= 15 is 0 Å². The Morgan fingerprint density at radius 1 is 1.00 bits per heavy atom. The molecule has 1 aromatic carbocycles. The predicted octanol–water partition coefficient (Wildman–Crippen LogP) is 5.91. The molecule has 2 aromatic rings. The summed E-state index contributed by atoms with van der Waals surface area (Å²) in [6.45, 7) is 3.31. The van der Waals surface area contributed by atoms with E-state index in [1.54, 1.807) is 0 Å². The maximum Gasteiger partial charge on any atom is 0.0568 e. The van der Waals surface area contributed by atoms with Gasteiger partial charge in [-0.15, -0.1) is 0 Å². The largest absolute Gasteiger partial charge is 0.272 e. The van der Waals surface area contributed by atoms with Crippen molar-refractivity contribution in [1.82, 2.24) is 9.78 Å². The third kappa shape index (κ3) is 5.46. The fraction of sp³-hybridized carbons (Fsp3) is 0.500. The van der Waals surface area contributed by atoms with Gasteiger partial charge in [0.1, 0.15) is 0 Å². The molecule has 0 saturated carbocycles. The summed E-state index contributed by atoms with van der Waals surface area (Å²) in [6, 6.07) is 8.47. The molecule has 0 amide bonds. The zero-order valence-electron chi connectivity index (χ0n) is 12.9. The van der Waals surface area contributed by atoms with Crippen LogP contribution in [0.4, 0.5) is 0 Å². The first-order valence-corrected chi connectivity index (χ1v) is 9.16. The molecule has 0 bridgehead atoms. The van der Waals surface area contributed by atoms with Crippen LogP contribution in [0.2, 0.25) is 0 Å². The van der Waals surface area contributed by atoms with E-state index < -0.39 is 0 Å². The van der Waals surface area contributed by atoms with Gasteiger partial charge in [0, 0.05) is 21.9 Å². The number of aryl methyl sites for hydroxylation is 1. The van der Waals surface area contributed by atoms with Crippen LogP contribution >= 0.6 is 22.6 Å². The number of benzene rings is 1. The van der Waals surface area contributed by atoms with Gasteiger partial charge in [-0.05, 0) is 40.6 Å². The van der Waals surface area contributed by atoms with Gasteiger partial charge in [0.05, 0.1) is 6.20 Å². The first-order chi connectivity index (χ1) is 10.3. The molecule has 0 unspecified atom stereocenters. The highest BCUT2D eigenvalue weighted by molar-refractivity contribution is 14.1. The van der Waals surface area contributed by atoms with E-state index in [-0.39, 0.29) is 0 Å². The summed E-state index contributed by atoms with van der Waals surface area (Å²) >= 11 is 2.39. The van der Waals surface area contributed by atoms with Crippen LogP contribution in [0.1, 0.15) is 51.9 Å². The minimum Gasteiger partial charge on any atom is -0.272 e. The molecule has 0 spiro atoms. The Hall–Kier alpha value is -0.840. The topological polar surface area (TPSA) is 17.8 Å². The molecule has 3 heteroatoms. The lowest BCUT2D eigenvalue weighted by Crippen LogP contribution is -1.97. The van der Waals surface area contributed by atoms with E-state index in [4.69, 9.17) is 0 Å². The van der Waals surface area contributed by atoms with Crippen molar-refractivity contribution in [2.24, 2.45) is 0 Å². The molecule has 0 aliphatic carbocycles. The third-order valence-corrected chi connectivity index (χ3v) is 4.75. The van der Waals surface area contributed by atoms with Crippen molar-refractivity contribution in [1.29, 1.82) is 0 Å². The summed E-state index contributed by atoms with van der Waals surface area (Å²) in [5.74, 6) is 0. The average molecular weight is 396 g/mol. The fourth-order valence-corrected chi connectivity index (χ4v) is 3.25. The Kier molecular flexibility index (Phi) is 7.27. The van der Waals surface area contributed by atoms with E-state index in [2.05, 4.69) is 69.8 Å². The SMILES string of the molecule is CCCCCCCCCn1cc(-c2ccccc2I)cn1. The second-order valence-electron chi connectivity index (χ2n) is 5.59. The van der Waals surface area contributed by atoms with Crippen LogP contribution in [0.15, 0.2) is 36.7 Å². The highest BCUT2D eigenvalue weighted by Gasteiger charge is 2.04. The van der Waals surface area contributed by atoms with Crippen molar-refractivity contribution in [3.05, 3.63) is 40.2 Å². The average Bonchev–Trinajstić information content (AvgIpc) is 2.95. The molecule has 0 fully saturated rings. The molecule has 0 aliphatic rings. The normalized spacial score (nSPS) is 11.0. The first kappa shape index (κ1) is 16.5. The van der Waals surface area contributed by atoms with Crippen LogP contribution in [-0.2, 0) is 6.54 Å². The number of hydrogen-bond acceptors (Lipinski definition) is 1. The quantitative estimate of drug-likeness (QED) is 0.381. The lowest BCUT2D eigenvalue weighted by Gasteiger charge is -2.02. The van der Waals surface area contributed by atoms with Gasteiger partial charge < -0.3 is 0 Å². The maximum absolute atomic E-state index is 4.49. The molecular weight excluding hydrogens is 371 g/mol. The van der Waals surface area contributed by atoms with Crippen molar-refractivity contribution in [3.63, 3.8) is 0 Å². The van der Waals surface area contributed by atoms with Gasteiger partial charge in [0.25, 0.3) is 0 Å². The zero-order valence-corrected chi connectivity index (χ0v) is 15.1. The molecule has 0 saturated heterocycles. The Bertz CT molecular complexity index is 534. The maximum atomic E-state index is 4.49. The highest BCUT2D eigenvalue weighted by atomic mass is 127. The van der Waals surface area contributed by atoms with Gasteiger partial charge in [-0.3, -0.25) is 4.68 Å². The van der Waals surface area contributed by atoms with Crippen LogP contribution in [-0.4, -0.2) is 9.78 Å². The van der Waals surface area contributed by atoms with Crippen LogP contribution in [0.5, 0.6) is 0 Å². The van der Waals surface area contributed by atoms with Gasteiger partial charge >= 0.3 is 0 Å². The smallest absolute Gasteiger partial charge is 0.0568 e. The van der Waals surface area contributed by atoms with Crippen molar-refractivity contribution in [2.75, 3.05) is 0 Å². The summed E-state index contributed by atoms with van der Waals surface area (Å²) in [5.41, 5.74) is 2.51. The summed E-state index contributed by atoms with van der Waals surface area (Å²) in [6.07, 6.45) is 13.6. The molecule has 2 rings (SSSR count). The molecule has 21 heavy (non-hydrogen) atoms. The molecule has 1 heterocycles. The van der Waals surface area contributed by atoms with E-state index in [0.29, 0.717) is 0 Å². The molecule has 0 N–H and O–H groups in total. The van der Waals surface area contributed by atoms with Crippen molar-refractivity contribution < 1.29 is 0 Å². The molecule has 0 aliphatic heterocycles. The summed E-state index contributed by atoms with van der Waals surface area (Å²) in [5, 5.41) is 4.49. The van der Waals surface area contributed by atoms with E-state index in [1.165, 1.54) is 59.6 Å². The number of aromatic nitrogens is 2. The Balaban J connectivity index is 1.75. The molecule has 0 atom stereocenters. The minimum absolute atomic E-state index is 1.04. The molecule has 114 valence electrons. The summed E-state index contributed by atoms with van der Waals surface area (Å²) in [7, 11) is 0. The number of rotatable bonds is 9. The summed E-state index contributed by atoms with van der Waals surface area (Å²) in [4.78, 5) is 0. The van der Waals surface area contributed by atoms with Gasteiger partial charge in [0.2, 0.25) is 0 Å². The summed E-state index contributed by atoms with van der Waals surface area (Å²) < 4.78 is 3.37. The number of unbranched alkanes of at least 4 members (excludes halogenated alkanes) is 6. The second-order valence-corrected chi connectivity index (χ2v) is 6.76. The lowest BCUT2D eigenvalue weighted by molar-refractivity contribution is 0.523. The lowest BCUT2D eigenvalue weighted by atomic mass is 10.1. The fourth-order valence-electron chi connectivity index (χ4n) is 2.55. The number of nitrogens with zero attached hydrogens (tertiary/aromatic N) is 2. The Labute approximate surface area is 142 Å². The van der Waals surface area contributed by atoms with E-state index in [1.807, 2.05) is 6.20 Å². The molecular formula is C18H25IN2. The van der Waals surface area contributed by atoms with Gasteiger partial charge in [-0.1, -0.05) is 63.6 Å². The monoisotopic (exact) mass is 396 g/mol. The van der Waals surface area contributed by atoms with E-state index in [0.717, 1.165) is 6.54 Å². The zero-order chi connectivity index (χ0) is 14.9. The van der Waals surface area contributed by atoms with Gasteiger partial charge in [-0.2, -0.15) is 5.10 Å². The Morgan fingerprint density at radius 3 is 2.48 bits per heavy atom. The van der Waals surface area contributed by atoms with Crippen LogP contribution < -0.4 is 0 Å².